The summed E-state index contributed by atoms with van der Waals surface area (Å²) in [4.78, 5) is 3.27. The Hall–Kier alpha value is -3.54. The van der Waals surface area contributed by atoms with Gasteiger partial charge in [0.25, 0.3) is 0 Å². The van der Waals surface area contributed by atoms with Gasteiger partial charge in [-0.3, -0.25) is 0 Å². The van der Waals surface area contributed by atoms with Gasteiger partial charge in [0, 0.05) is 0 Å². The van der Waals surface area contributed by atoms with Gasteiger partial charge in [-0.15, -0.1) is 20.4 Å². The summed E-state index contributed by atoms with van der Waals surface area (Å²) in [5.41, 5.74) is 5.20. The predicted molar refractivity (Wildman–Crippen MR) is 91.3 cm³/mol. The molecule has 0 atom stereocenters. The lowest BCUT2D eigenvalue weighted by atomic mass is 10.3. The summed E-state index contributed by atoms with van der Waals surface area (Å²) in [6.07, 6.45) is 0. The fourth-order valence-corrected chi connectivity index (χ4v) is 2.69. The van der Waals surface area contributed by atoms with Crippen LogP contribution in [0.25, 0.3) is 33.4 Å². The van der Waals surface area contributed by atoms with Crippen LogP contribution in [0.5, 0.6) is 0 Å². The average Bonchev–Trinajstić information content (AvgIpc) is 3.26. The molecule has 5 aromatic rings. The van der Waals surface area contributed by atoms with Crippen molar-refractivity contribution >= 4 is 22.1 Å². The largest absolute Gasteiger partial charge is 0.150 e. The Morgan fingerprint density at radius 3 is 1.21 bits per heavy atom. The summed E-state index contributed by atoms with van der Waals surface area (Å²) in [6.45, 7) is 0. The van der Waals surface area contributed by atoms with E-state index in [0.29, 0.717) is 0 Å². The SMILES string of the molecule is c1cc(-n2nc3ccccc3n2)cc(-n2nc3ccccc3n2)c1. The summed E-state index contributed by atoms with van der Waals surface area (Å²) < 4.78 is 0. The molecular formula is C18H12N6. The maximum absolute atomic E-state index is 4.52. The van der Waals surface area contributed by atoms with E-state index in [-0.39, 0.29) is 0 Å². The Kier molecular flexibility index (Phi) is 2.69. The highest BCUT2D eigenvalue weighted by Crippen LogP contribution is 2.16. The minimum absolute atomic E-state index is 0.866. The second-order valence-electron chi connectivity index (χ2n) is 5.48. The molecule has 2 aromatic heterocycles. The molecule has 114 valence electrons. The van der Waals surface area contributed by atoms with Crippen LogP contribution in [0.2, 0.25) is 0 Å². The first-order valence-corrected chi connectivity index (χ1v) is 7.62. The van der Waals surface area contributed by atoms with Crippen LogP contribution >= 0.6 is 0 Å². The van der Waals surface area contributed by atoms with E-state index < -0.39 is 0 Å². The van der Waals surface area contributed by atoms with Crippen molar-refractivity contribution in [2.45, 2.75) is 0 Å². The fourth-order valence-electron chi connectivity index (χ4n) is 2.69. The highest BCUT2D eigenvalue weighted by molar-refractivity contribution is 5.74. The van der Waals surface area contributed by atoms with Crippen molar-refractivity contribution in [1.29, 1.82) is 0 Å². The quantitative estimate of drug-likeness (QED) is 0.502. The zero-order valence-electron chi connectivity index (χ0n) is 12.6. The molecule has 0 unspecified atom stereocenters. The normalized spacial score (nSPS) is 11.3. The van der Waals surface area contributed by atoms with E-state index >= 15 is 0 Å². The van der Waals surface area contributed by atoms with E-state index in [1.807, 2.05) is 72.8 Å². The fraction of sp³-hybridized carbons (Fsp3) is 0. The molecule has 0 radical (unpaired) electrons. The molecule has 0 aliphatic carbocycles. The van der Waals surface area contributed by atoms with E-state index in [9.17, 15) is 0 Å². The molecule has 6 heteroatoms. The van der Waals surface area contributed by atoms with Crippen molar-refractivity contribution in [2.24, 2.45) is 0 Å². The van der Waals surface area contributed by atoms with Gasteiger partial charge >= 0.3 is 0 Å². The van der Waals surface area contributed by atoms with E-state index in [1.165, 1.54) is 0 Å². The first-order chi connectivity index (χ1) is 11.9. The van der Waals surface area contributed by atoms with Crippen LogP contribution in [0.1, 0.15) is 0 Å². The van der Waals surface area contributed by atoms with Crippen molar-refractivity contribution in [3.63, 3.8) is 0 Å². The first kappa shape index (κ1) is 13.0. The zero-order valence-corrected chi connectivity index (χ0v) is 12.6. The molecule has 0 bridgehead atoms. The van der Waals surface area contributed by atoms with Gasteiger partial charge in [-0.25, -0.2) is 0 Å². The molecule has 0 aliphatic heterocycles. The van der Waals surface area contributed by atoms with E-state index in [4.69, 9.17) is 0 Å². The summed E-state index contributed by atoms with van der Waals surface area (Å²) in [5, 5.41) is 18.1. The molecule has 0 N–H and O–H groups in total. The van der Waals surface area contributed by atoms with Gasteiger partial charge in [0.05, 0.1) is 11.4 Å². The van der Waals surface area contributed by atoms with Crippen LogP contribution in [0.4, 0.5) is 0 Å². The topological polar surface area (TPSA) is 61.4 Å². The second-order valence-corrected chi connectivity index (χ2v) is 5.48. The highest BCUT2D eigenvalue weighted by Gasteiger charge is 2.07. The number of rotatable bonds is 2. The lowest BCUT2D eigenvalue weighted by molar-refractivity contribution is 0.745. The average molecular weight is 312 g/mol. The number of aromatic nitrogens is 6. The zero-order chi connectivity index (χ0) is 15.9. The molecule has 0 fully saturated rings. The minimum Gasteiger partial charge on any atom is -0.150 e. The van der Waals surface area contributed by atoms with Crippen LogP contribution in [0.15, 0.2) is 72.8 Å². The van der Waals surface area contributed by atoms with E-state index in [1.54, 1.807) is 9.59 Å². The molecule has 3 aromatic carbocycles. The molecular weight excluding hydrogens is 300 g/mol. The number of nitrogens with zero attached hydrogens (tertiary/aromatic N) is 6. The van der Waals surface area contributed by atoms with Gasteiger partial charge < -0.3 is 0 Å². The number of hydrogen-bond donors (Lipinski definition) is 0. The van der Waals surface area contributed by atoms with Crippen molar-refractivity contribution in [3.05, 3.63) is 72.8 Å². The predicted octanol–water partition coefficient (Wildman–Crippen LogP) is 3.15. The lowest BCUT2D eigenvalue weighted by Gasteiger charge is -2.03. The highest BCUT2D eigenvalue weighted by atomic mass is 15.5. The number of hydrogen-bond acceptors (Lipinski definition) is 4. The molecule has 24 heavy (non-hydrogen) atoms. The molecule has 0 amide bonds. The summed E-state index contributed by atoms with van der Waals surface area (Å²) >= 11 is 0. The Morgan fingerprint density at radius 1 is 0.458 bits per heavy atom. The third-order valence-electron chi connectivity index (χ3n) is 3.86. The monoisotopic (exact) mass is 312 g/mol. The van der Waals surface area contributed by atoms with Gasteiger partial charge in [0.1, 0.15) is 22.1 Å². The van der Waals surface area contributed by atoms with Crippen molar-refractivity contribution in [1.82, 2.24) is 30.0 Å². The van der Waals surface area contributed by atoms with Crippen LogP contribution in [0.3, 0.4) is 0 Å². The molecule has 0 saturated carbocycles. The molecule has 6 nitrogen and oxygen atoms in total. The van der Waals surface area contributed by atoms with Gasteiger partial charge in [-0.05, 0) is 42.5 Å². The molecule has 5 rings (SSSR count). The maximum Gasteiger partial charge on any atom is 0.113 e. The van der Waals surface area contributed by atoms with Crippen LogP contribution in [0, 0.1) is 0 Å². The minimum atomic E-state index is 0.866. The van der Waals surface area contributed by atoms with Crippen LogP contribution in [-0.2, 0) is 0 Å². The third-order valence-corrected chi connectivity index (χ3v) is 3.86. The van der Waals surface area contributed by atoms with Gasteiger partial charge in [-0.2, -0.15) is 9.59 Å². The van der Waals surface area contributed by atoms with Gasteiger partial charge in [0.15, 0.2) is 0 Å². The van der Waals surface area contributed by atoms with Gasteiger partial charge in [-0.1, -0.05) is 30.3 Å². The summed E-state index contributed by atoms with van der Waals surface area (Å²) in [6, 6.07) is 23.5. The number of benzene rings is 3. The third kappa shape index (κ3) is 2.04. The Bertz CT molecular complexity index is 1020. The summed E-state index contributed by atoms with van der Waals surface area (Å²) in [5.74, 6) is 0. The van der Waals surface area contributed by atoms with E-state index in [0.717, 1.165) is 33.4 Å². The molecule has 0 saturated heterocycles. The van der Waals surface area contributed by atoms with Crippen molar-refractivity contribution < 1.29 is 0 Å². The molecule has 0 spiro atoms. The van der Waals surface area contributed by atoms with Crippen molar-refractivity contribution in [2.75, 3.05) is 0 Å². The van der Waals surface area contributed by atoms with Gasteiger partial charge in [0.2, 0.25) is 0 Å². The smallest absolute Gasteiger partial charge is 0.113 e. The molecule has 2 heterocycles. The van der Waals surface area contributed by atoms with Crippen molar-refractivity contribution in [3.8, 4) is 11.4 Å². The van der Waals surface area contributed by atoms with Crippen LogP contribution in [-0.4, -0.2) is 30.0 Å². The standard InChI is InChI=1S/C18H12N6/c1-2-9-16-15(8-1)19-23(20-16)13-6-5-7-14(12-13)24-21-17-10-3-4-11-18(17)22-24/h1-12H. The first-order valence-electron chi connectivity index (χ1n) is 7.62. The summed E-state index contributed by atoms with van der Waals surface area (Å²) in [7, 11) is 0. The van der Waals surface area contributed by atoms with E-state index in [2.05, 4.69) is 20.4 Å². The number of fused-ring (bicyclic) bond motifs is 2. The Morgan fingerprint density at radius 2 is 0.833 bits per heavy atom. The Balaban J connectivity index is 1.62. The Labute approximate surface area is 136 Å². The lowest BCUT2D eigenvalue weighted by Crippen LogP contribution is -2.02. The molecule has 0 aliphatic rings. The second kappa shape index (κ2) is 4.99. The maximum atomic E-state index is 4.52. The van der Waals surface area contributed by atoms with Crippen LogP contribution < -0.4 is 0 Å².